The fourth-order valence-electron chi connectivity index (χ4n) is 3.07. The molecule has 2 nitrogen and oxygen atoms in total. The second-order valence-electron chi connectivity index (χ2n) is 6.19. The molecule has 0 radical (unpaired) electrons. The number of ether oxygens (including phenoxy) is 1. The molecule has 0 bridgehead atoms. The van der Waals surface area contributed by atoms with E-state index in [4.69, 9.17) is 4.74 Å². The summed E-state index contributed by atoms with van der Waals surface area (Å²) in [5.41, 5.74) is -0.466. The molecule has 1 fully saturated rings. The largest absolute Gasteiger partial charge is 0.390 e. The van der Waals surface area contributed by atoms with E-state index in [0.717, 1.165) is 38.9 Å². The molecule has 1 heterocycles. The molecule has 1 aliphatic rings. The van der Waals surface area contributed by atoms with Gasteiger partial charge in [0.05, 0.1) is 5.60 Å². The highest BCUT2D eigenvalue weighted by Gasteiger charge is 2.38. The first-order chi connectivity index (χ1) is 7.44. The highest BCUT2D eigenvalue weighted by atomic mass is 16.5. The van der Waals surface area contributed by atoms with E-state index in [2.05, 4.69) is 27.7 Å². The molecule has 1 aliphatic heterocycles. The van der Waals surface area contributed by atoms with Gasteiger partial charge in [-0.1, -0.05) is 27.7 Å². The molecule has 0 spiro atoms. The maximum atomic E-state index is 10.9. The van der Waals surface area contributed by atoms with Crippen LogP contribution in [0, 0.1) is 17.8 Å². The number of aliphatic hydroxyl groups is 1. The summed E-state index contributed by atoms with van der Waals surface area (Å²) in [6, 6.07) is 0. The first-order valence-electron chi connectivity index (χ1n) is 6.74. The Kier molecular flexibility index (Phi) is 5.26. The van der Waals surface area contributed by atoms with Crippen LogP contribution in [0.2, 0.25) is 0 Å². The summed E-state index contributed by atoms with van der Waals surface area (Å²) in [7, 11) is 0. The van der Waals surface area contributed by atoms with E-state index in [0.29, 0.717) is 17.8 Å². The molecule has 1 rings (SSSR count). The fourth-order valence-corrected chi connectivity index (χ4v) is 3.07. The van der Waals surface area contributed by atoms with Crippen molar-refractivity contribution in [3.05, 3.63) is 0 Å². The van der Waals surface area contributed by atoms with Crippen LogP contribution in [0.4, 0.5) is 0 Å². The van der Waals surface area contributed by atoms with Crippen LogP contribution in [0.25, 0.3) is 0 Å². The van der Waals surface area contributed by atoms with Crippen molar-refractivity contribution in [3.8, 4) is 0 Å². The smallest absolute Gasteiger partial charge is 0.0682 e. The van der Waals surface area contributed by atoms with Gasteiger partial charge in [0.1, 0.15) is 0 Å². The Morgan fingerprint density at radius 1 is 1.06 bits per heavy atom. The summed E-state index contributed by atoms with van der Waals surface area (Å²) in [5, 5.41) is 10.9. The van der Waals surface area contributed by atoms with Gasteiger partial charge in [-0.3, -0.25) is 0 Å². The Bertz CT molecular complexity index is 183. The van der Waals surface area contributed by atoms with Crippen LogP contribution < -0.4 is 0 Å². The van der Waals surface area contributed by atoms with Crippen molar-refractivity contribution in [3.63, 3.8) is 0 Å². The maximum absolute atomic E-state index is 10.9. The molecular formula is C14H28O2. The molecule has 2 heteroatoms. The molecule has 0 unspecified atom stereocenters. The monoisotopic (exact) mass is 228 g/mol. The molecule has 0 atom stereocenters. The van der Waals surface area contributed by atoms with Crippen molar-refractivity contribution < 1.29 is 9.84 Å². The Hall–Kier alpha value is -0.0800. The second kappa shape index (κ2) is 6.02. The average Bonchev–Trinajstić information content (AvgIpc) is 2.16. The van der Waals surface area contributed by atoms with Crippen molar-refractivity contribution in [2.75, 3.05) is 13.2 Å². The zero-order valence-electron chi connectivity index (χ0n) is 11.3. The van der Waals surface area contributed by atoms with Crippen LogP contribution in [0.5, 0.6) is 0 Å². The lowest BCUT2D eigenvalue weighted by Gasteiger charge is -2.41. The second-order valence-corrected chi connectivity index (χ2v) is 6.19. The van der Waals surface area contributed by atoms with Crippen LogP contribution in [0.15, 0.2) is 0 Å². The minimum Gasteiger partial charge on any atom is -0.390 e. The molecule has 0 aromatic rings. The van der Waals surface area contributed by atoms with Gasteiger partial charge in [-0.05, 0) is 43.4 Å². The molecule has 0 amide bonds. The van der Waals surface area contributed by atoms with E-state index in [1.54, 1.807) is 0 Å². The maximum Gasteiger partial charge on any atom is 0.0682 e. The van der Waals surface area contributed by atoms with Gasteiger partial charge in [0.15, 0.2) is 0 Å². The summed E-state index contributed by atoms with van der Waals surface area (Å²) in [5.74, 6) is 1.56. The number of hydrogen-bond donors (Lipinski definition) is 1. The Balaban J connectivity index is 2.67. The number of rotatable bonds is 5. The van der Waals surface area contributed by atoms with Crippen LogP contribution in [0.3, 0.4) is 0 Å². The van der Waals surface area contributed by atoms with Gasteiger partial charge < -0.3 is 9.84 Å². The van der Waals surface area contributed by atoms with Crippen molar-refractivity contribution in [2.45, 2.75) is 59.0 Å². The predicted octanol–water partition coefficient (Wildman–Crippen LogP) is 3.24. The van der Waals surface area contributed by atoms with Crippen LogP contribution in [0.1, 0.15) is 53.4 Å². The molecule has 1 saturated heterocycles. The molecular weight excluding hydrogens is 200 g/mol. The molecule has 0 aliphatic carbocycles. The van der Waals surface area contributed by atoms with E-state index in [1.165, 1.54) is 0 Å². The van der Waals surface area contributed by atoms with E-state index < -0.39 is 5.60 Å². The Morgan fingerprint density at radius 3 is 1.88 bits per heavy atom. The Morgan fingerprint density at radius 2 is 1.50 bits per heavy atom. The highest BCUT2D eigenvalue weighted by Crippen LogP contribution is 2.37. The lowest BCUT2D eigenvalue weighted by atomic mass is 9.73. The van der Waals surface area contributed by atoms with Gasteiger partial charge in [0.2, 0.25) is 0 Å². The zero-order valence-corrected chi connectivity index (χ0v) is 11.3. The summed E-state index contributed by atoms with van der Waals surface area (Å²) in [6.07, 6.45) is 3.90. The van der Waals surface area contributed by atoms with Gasteiger partial charge in [-0.2, -0.15) is 0 Å². The van der Waals surface area contributed by atoms with E-state index in [1.807, 2.05) is 0 Å². The predicted molar refractivity (Wildman–Crippen MR) is 67.4 cm³/mol. The van der Waals surface area contributed by atoms with Crippen LogP contribution >= 0.6 is 0 Å². The SMILES string of the molecule is CC(C)CC(O)(CC(C)C)C1CCOCC1. The molecule has 0 aromatic carbocycles. The van der Waals surface area contributed by atoms with Crippen molar-refractivity contribution in [2.24, 2.45) is 17.8 Å². The molecule has 16 heavy (non-hydrogen) atoms. The van der Waals surface area contributed by atoms with Gasteiger partial charge in [0.25, 0.3) is 0 Å². The lowest BCUT2D eigenvalue weighted by molar-refractivity contribution is -0.0885. The fraction of sp³-hybridized carbons (Fsp3) is 1.00. The van der Waals surface area contributed by atoms with E-state index in [-0.39, 0.29) is 0 Å². The Labute approximate surface area is 100 Å². The molecule has 0 aromatic heterocycles. The minimum atomic E-state index is -0.466. The van der Waals surface area contributed by atoms with Crippen LogP contribution in [-0.4, -0.2) is 23.9 Å². The third kappa shape index (κ3) is 4.06. The third-order valence-electron chi connectivity index (χ3n) is 3.50. The summed E-state index contributed by atoms with van der Waals surface area (Å²) < 4.78 is 5.39. The molecule has 0 saturated carbocycles. The van der Waals surface area contributed by atoms with Crippen molar-refractivity contribution >= 4 is 0 Å². The first-order valence-corrected chi connectivity index (χ1v) is 6.74. The number of hydrogen-bond acceptors (Lipinski definition) is 2. The molecule has 1 N–H and O–H groups in total. The summed E-state index contributed by atoms with van der Waals surface area (Å²) >= 11 is 0. The van der Waals surface area contributed by atoms with E-state index >= 15 is 0 Å². The topological polar surface area (TPSA) is 29.5 Å². The van der Waals surface area contributed by atoms with Gasteiger partial charge in [-0.25, -0.2) is 0 Å². The van der Waals surface area contributed by atoms with Gasteiger partial charge >= 0.3 is 0 Å². The summed E-state index contributed by atoms with van der Waals surface area (Å²) in [6.45, 7) is 10.4. The zero-order chi connectivity index (χ0) is 12.2. The normalized spacial score (nSPS) is 19.7. The first kappa shape index (κ1) is 14.0. The van der Waals surface area contributed by atoms with Gasteiger partial charge in [0, 0.05) is 13.2 Å². The lowest BCUT2D eigenvalue weighted by Crippen LogP contribution is -2.43. The standard InChI is InChI=1S/C14H28O2/c1-11(2)9-14(15,10-12(3)4)13-5-7-16-8-6-13/h11-13,15H,5-10H2,1-4H3. The third-order valence-corrected chi connectivity index (χ3v) is 3.50. The van der Waals surface area contributed by atoms with Crippen molar-refractivity contribution in [1.82, 2.24) is 0 Å². The highest BCUT2D eigenvalue weighted by molar-refractivity contribution is 4.89. The van der Waals surface area contributed by atoms with Gasteiger partial charge in [-0.15, -0.1) is 0 Å². The quantitative estimate of drug-likeness (QED) is 0.783. The van der Waals surface area contributed by atoms with Crippen LogP contribution in [-0.2, 0) is 4.74 Å². The van der Waals surface area contributed by atoms with E-state index in [9.17, 15) is 5.11 Å². The summed E-state index contributed by atoms with van der Waals surface area (Å²) in [4.78, 5) is 0. The minimum absolute atomic E-state index is 0.436. The average molecular weight is 228 g/mol. The molecule has 96 valence electrons. The van der Waals surface area contributed by atoms with Crippen molar-refractivity contribution in [1.29, 1.82) is 0 Å².